The van der Waals surface area contributed by atoms with Crippen LogP contribution in [0.1, 0.15) is 48.4 Å². The number of rotatable bonds is 6. The smallest absolute Gasteiger partial charge is 0.287 e. The van der Waals surface area contributed by atoms with Crippen molar-refractivity contribution in [2.75, 3.05) is 0 Å². The van der Waals surface area contributed by atoms with E-state index in [0.29, 0.717) is 10.0 Å². The third-order valence-corrected chi connectivity index (χ3v) is 6.20. The van der Waals surface area contributed by atoms with E-state index in [2.05, 4.69) is 0 Å². The minimum atomic E-state index is -1.35. The van der Waals surface area contributed by atoms with E-state index < -0.39 is 45.7 Å². The summed E-state index contributed by atoms with van der Waals surface area (Å²) in [4.78, 5) is 64.2. The molecule has 3 aromatic carbocycles. The average molecular weight is 512 g/mol. The molecule has 1 heterocycles. The normalized spacial score (nSPS) is 13.4. The summed E-state index contributed by atoms with van der Waals surface area (Å²) in [6, 6.07) is 14.1. The van der Waals surface area contributed by atoms with Gasteiger partial charge in [-0.25, -0.2) is 5.01 Å². The number of carbonyl (C=O) groups is 4. The SMILES string of the molecule is C[C@@H](C(=O)c1ccccc1)N(C(=O)c1ccc(Cl)c(Cl)c1)N1C(=O)c2cccc([N+](=O)[O-])c2C1=O. The lowest BCUT2D eigenvalue weighted by atomic mass is 10.0. The van der Waals surface area contributed by atoms with Gasteiger partial charge in [-0.2, -0.15) is 5.01 Å². The van der Waals surface area contributed by atoms with Crippen molar-refractivity contribution in [1.82, 2.24) is 10.0 Å². The van der Waals surface area contributed by atoms with E-state index in [1.54, 1.807) is 18.2 Å². The largest absolute Gasteiger partial charge is 0.292 e. The summed E-state index contributed by atoms with van der Waals surface area (Å²) in [5, 5.41) is 12.9. The van der Waals surface area contributed by atoms with Gasteiger partial charge in [0, 0.05) is 17.2 Å². The highest BCUT2D eigenvalue weighted by Gasteiger charge is 2.48. The second kappa shape index (κ2) is 9.28. The van der Waals surface area contributed by atoms with E-state index >= 15 is 0 Å². The van der Waals surface area contributed by atoms with Crippen molar-refractivity contribution in [3.05, 3.63) is 109 Å². The summed E-state index contributed by atoms with van der Waals surface area (Å²) in [5.41, 5.74) is -1.13. The van der Waals surface area contributed by atoms with Crippen molar-refractivity contribution < 1.29 is 24.1 Å². The molecule has 0 N–H and O–H groups in total. The number of amides is 3. The number of nitro benzene ring substituents is 1. The van der Waals surface area contributed by atoms with Gasteiger partial charge >= 0.3 is 0 Å². The van der Waals surface area contributed by atoms with Gasteiger partial charge in [0.15, 0.2) is 5.78 Å². The Labute approximate surface area is 208 Å². The molecule has 0 unspecified atom stereocenters. The predicted molar refractivity (Wildman–Crippen MR) is 126 cm³/mol. The van der Waals surface area contributed by atoms with Gasteiger partial charge in [-0.05, 0) is 31.2 Å². The van der Waals surface area contributed by atoms with E-state index in [9.17, 15) is 29.3 Å². The number of nitrogens with zero attached hydrogens (tertiary/aromatic N) is 3. The maximum absolute atomic E-state index is 13.6. The topological polar surface area (TPSA) is 118 Å². The second-order valence-corrected chi connectivity index (χ2v) is 8.38. The van der Waals surface area contributed by atoms with E-state index in [4.69, 9.17) is 23.2 Å². The lowest BCUT2D eigenvalue weighted by Crippen LogP contribution is -2.56. The molecule has 0 spiro atoms. The summed E-state index contributed by atoms with van der Waals surface area (Å²) in [5.74, 6) is -3.55. The Balaban J connectivity index is 1.85. The number of hydrazine groups is 1. The van der Waals surface area contributed by atoms with Crippen molar-refractivity contribution in [2.24, 2.45) is 0 Å². The first-order chi connectivity index (χ1) is 16.6. The number of Topliss-reactive ketones (excluding diaryl/α,β-unsaturated/α-hetero) is 1. The number of carbonyl (C=O) groups excluding carboxylic acids is 4. The van der Waals surface area contributed by atoms with Crippen LogP contribution in [0.25, 0.3) is 0 Å². The van der Waals surface area contributed by atoms with Crippen LogP contribution in [0.15, 0.2) is 66.7 Å². The van der Waals surface area contributed by atoms with Crippen LogP contribution in [0.4, 0.5) is 5.69 Å². The number of hydrogen-bond acceptors (Lipinski definition) is 6. The maximum atomic E-state index is 13.6. The van der Waals surface area contributed by atoms with Gasteiger partial charge in [-0.15, -0.1) is 0 Å². The van der Waals surface area contributed by atoms with Crippen LogP contribution in [-0.2, 0) is 0 Å². The molecule has 0 bridgehead atoms. The van der Waals surface area contributed by atoms with Crippen molar-refractivity contribution in [2.45, 2.75) is 13.0 Å². The molecule has 1 aliphatic heterocycles. The molecule has 1 aliphatic rings. The quantitative estimate of drug-likeness (QED) is 0.202. The number of ketones is 1. The molecule has 4 rings (SSSR count). The zero-order chi connectivity index (χ0) is 25.4. The van der Waals surface area contributed by atoms with E-state index in [-0.39, 0.29) is 26.7 Å². The maximum Gasteiger partial charge on any atom is 0.287 e. The molecule has 35 heavy (non-hydrogen) atoms. The fraction of sp³-hybridized carbons (Fsp3) is 0.0833. The van der Waals surface area contributed by atoms with Crippen LogP contribution < -0.4 is 0 Å². The Hall–Kier alpha value is -4.08. The molecular formula is C24H15Cl2N3O6. The molecule has 11 heteroatoms. The van der Waals surface area contributed by atoms with Crippen LogP contribution >= 0.6 is 23.2 Å². The fourth-order valence-electron chi connectivity index (χ4n) is 3.76. The van der Waals surface area contributed by atoms with Gasteiger partial charge in [0.2, 0.25) is 0 Å². The monoisotopic (exact) mass is 511 g/mol. The Morgan fingerprint density at radius 1 is 0.914 bits per heavy atom. The van der Waals surface area contributed by atoms with Crippen LogP contribution in [0.2, 0.25) is 10.0 Å². The first-order valence-corrected chi connectivity index (χ1v) is 10.9. The van der Waals surface area contributed by atoms with Gasteiger partial charge in [0.25, 0.3) is 23.4 Å². The Morgan fingerprint density at radius 2 is 1.60 bits per heavy atom. The van der Waals surface area contributed by atoms with E-state index in [1.165, 1.54) is 49.4 Å². The van der Waals surface area contributed by atoms with Crippen molar-refractivity contribution in [1.29, 1.82) is 0 Å². The highest BCUT2D eigenvalue weighted by molar-refractivity contribution is 6.42. The molecule has 1 atom stereocenters. The van der Waals surface area contributed by atoms with Gasteiger partial charge in [-0.1, -0.05) is 59.6 Å². The standard InChI is InChI=1S/C24H15Cl2N3O6/c1-13(21(30)14-6-3-2-4-7-14)27(22(31)15-10-11-17(25)18(26)12-15)28-23(32)16-8-5-9-19(29(34)35)20(16)24(28)33/h2-13H,1H3/t13-/m0/s1. The Bertz CT molecular complexity index is 1410. The third kappa shape index (κ3) is 4.16. The lowest BCUT2D eigenvalue weighted by molar-refractivity contribution is -0.385. The lowest BCUT2D eigenvalue weighted by Gasteiger charge is -2.34. The van der Waals surface area contributed by atoms with Gasteiger partial charge in [0.1, 0.15) is 11.6 Å². The molecular weight excluding hydrogens is 497 g/mol. The molecule has 176 valence electrons. The molecule has 0 aliphatic carbocycles. The van der Waals surface area contributed by atoms with Gasteiger partial charge in [-0.3, -0.25) is 29.3 Å². The Kier molecular flexibility index (Phi) is 6.38. The van der Waals surface area contributed by atoms with Gasteiger partial charge in [0.05, 0.1) is 20.5 Å². The molecule has 0 aromatic heterocycles. The Morgan fingerprint density at radius 3 is 2.23 bits per heavy atom. The number of imide groups is 1. The van der Waals surface area contributed by atoms with Crippen molar-refractivity contribution in [3.8, 4) is 0 Å². The molecule has 0 saturated heterocycles. The van der Waals surface area contributed by atoms with Crippen LogP contribution in [-0.4, -0.2) is 44.5 Å². The third-order valence-electron chi connectivity index (χ3n) is 5.46. The highest BCUT2D eigenvalue weighted by Crippen LogP contribution is 2.33. The zero-order valence-corrected chi connectivity index (χ0v) is 19.5. The summed E-state index contributed by atoms with van der Waals surface area (Å²) < 4.78 is 0. The summed E-state index contributed by atoms with van der Waals surface area (Å²) in [6.45, 7) is 1.35. The molecule has 3 aromatic rings. The minimum Gasteiger partial charge on any atom is -0.292 e. The van der Waals surface area contributed by atoms with Crippen LogP contribution in [0, 0.1) is 10.1 Å². The molecule has 0 fully saturated rings. The number of benzene rings is 3. The van der Waals surface area contributed by atoms with Gasteiger partial charge < -0.3 is 0 Å². The fourth-order valence-corrected chi connectivity index (χ4v) is 4.06. The predicted octanol–water partition coefficient (Wildman–Crippen LogP) is 4.83. The summed E-state index contributed by atoms with van der Waals surface area (Å²) >= 11 is 12.0. The number of hydrogen-bond donors (Lipinski definition) is 0. The number of fused-ring (bicyclic) bond motifs is 1. The molecule has 0 saturated carbocycles. The first-order valence-electron chi connectivity index (χ1n) is 10.2. The second-order valence-electron chi connectivity index (χ2n) is 7.56. The van der Waals surface area contributed by atoms with Crippen molar-refractivity contribution in [3.63, 3.8) is 0 Å². The van der Waals surface area contributed by atoms with Crippen LogP contribution in [0.5, 0.6) is 0 Å². The zero-order valence-electron chi connectivity index (χ0n) is 18.0. The summed E-state index contributed by atoms with van der Waals surface area (Å²) in [7, 11) is 0. The number of halogens is 2. The summed E-state index contributed by atoms with van der Waals surface area (Å²) in [6.07, 6.45) is 0. The minimum absolute atomic E-state index is 0.0394. The number of nitro groups is 1. The molecule has 3 amide bonds. The highest BCUT2D eigenvalue weighted by atomic mass is 35.5. The van der Waals surface area contributed by atoms with E-state index in [0.717, 1.165) is 6.07 Å². The molecule has 9 nitrogen and oxygen atoms in total. The van der Waals surface area contributed by atoms with Crippen molar-refractivity contribution >= 4 is 52.4 Å². The molecule has 0 radical (unpaired) electrons. The average Bonchev–Trinajstić information content (AvgIpc) is 3.11. The van der Waals surface area contributed by atoms with Crippen LogP contribution in [0.3, 0.4) is 0 Å². The first kappa shape index (κ1) is 24.1. The van der Waals surface area contributed by atoms with E-state index in [1.807, 2.05) is 0 Å².